The number of hydrazone groups is 1. The number of nitrogens with zero attached hydrogens (tertiary/aromatic N) is 1. The number of para-hydroxylation sites is 1. The summed E-state index contributed by atoms with van der Waals surface area (Å²) in [6.07, 6.45) is 0.216. The van der Waals surface area contributed by atoms with E-state index in [0.717, 1.165) is 16.8 Å². The largest absolute Gasteiger partial charge is 0.452 e. The lowest BCUT2D eigenvalue weighted by Gasteiger charge is -2.24. The molecule has 0 aliphatic carbocycles. The first-order valence-corrected chi connectivity index (χ1v) is 8.41. The van der Waals surface area contributed by atoms with Gasteiger partial charge in [-0.25, -0.2) is 4.79 Å². The smallest absolute Gasteiger partial charge is 0.339 e. The first kappa shape index (κ1) is 17.1. The van der Waals surface area contributed by atoms with E-state index >= 15 is 0 Å². The van der Waals surface area contributed by atoms with E-state index < -0.39 is 6.10 Å². The second-order valence-electron chi connectivity index (χ2n) is 5.89. The van der Waals surface area contributed by atoms with Gasteiger partial charge in [-0.15, -0.1) is 0 Å². The van der Waals surface area contributed by atoms with E-state index in [0.29, 0.717) is 22.8 Å². The Hall–Kier alpha value is -2.73. The molecule has 25 heavy (non-hydrogen) atoms. The number of fused-ring (bicyclic) bond motifs is 1. The summed E-state index contributed by atoms with van der Waals surface area (Å²) in [5.41, 5.74) is 7.08. The summed E-state index contributed by atoms with van der Waals surface area (Å²) in [6.45, 7) is 3.81. The molecular weight excluding hydrogens is 334 g/mol. The number of carbonyl (C=O) groups is 1. The molecule has 0 amide bonds. The predicted octanol–water partition coefficient (Wildman–Crippen LogP) is 3.44. The number of benzene rings is 2. The normalized spacial score (nSPS) is 16.6. The topological polar surface area (TPSA) is 62.7 Å². The Balaban J connectivity index is 1.63. The molecule has 2 aromatic rings. The third kappa shape index (κ3) is 4.03. The molecule has 2 N–H and O–H groups in total. The molecule has 0 spiro atoms. The van der Waals surface area contributed by atoms with Gasteiger partial charge in [0.1, 0.15) is 6.10 Å². The van der Waals surface area contributed by atoms with Crippen LogP contribution in [0.5, 0.6) is 0 Å². The lowest BCUT2D eigenvalue weighted by atomic mass is 9.97. The minimum Gasteiger partial charge on any atom is -0.452 e. The van der Waals surface area contributed by atoms with Crippen LogP contribution in [0.1, 0.15) is 28.4 Å². The standard InChI is InChI=1S/C19H19N3O2S/c1-12-7-3-6-10-16(12)20-19(25)22-21-13(2)17-11-14-8-4-5-9-15(14)18(23)24-17/h3-10,17H,11H2,1-2H3,(H2,20,22,25)/b21-13-/t17-/m0/s1. The van der Waals surface area contributed by atoms with Crippen LogP contribution in [-0.2, 0) is 11.2 Å². The molecule has 0 aromatic heterocycles. The van der Waals surface area contributed by atoms with Crippen molar-refractivity contribution in [3.05, 3.63) is 65.2 Å². The molecule has 1 atom stereocenters. The van der Waals surface area contributed by atoms with Gasteiger partial charge in [0, 0.05) is 12.1 Å². The number of nitrogens with one attached hydrogen (secondary N) is 2. The number of cyclic esters (lactones) is 1. The molecule has 0 bridgehead atoms. The van der Waals surface area contributed by atoms with Gasteiger partial charge < -0.3 is 10.1 Å². The third-order valence-corrected chi connectivity index (χ3v) is 4.28. The quantitative estimate of drug-likeness (QED) is 0.383. The van der Waals surface area contributed by atoms with Gasteiger partial charge in [0.25, 0.3) is 0 Å². The van der Waals surface area contributed by atoms with Gasteiger partial charge in [-0.2, -0.15) is 5.10 Å². The zero-order chi connectivity index (χ0) is 17.8. The number of esters is 1. The average Bonchev–Trinajstić information content (AvgIpc) is 2.61. The van der Waals surface area contributed by atoms with Gasteiger partial charge in [0.2, 0.25) is 0 Å². The lowest BCUT2D eigenvalue weighted by molar-refractivity contribution is 0.0389. The summed E-state index contributed by atoms with van der Waals surface area (Å²) in [4.78, 5) is 12.1. The molecule has 1 aliphatic heterocycles. The summed E-state index contributed by atoms with van der Waals surface area (Å²) < 4.78 is 5.47. The first-order valence-electron chi connectivity index (χ1n) is 8.00. The van der Waals surface area contributed by atoms with Crippen molar-refractivity contribution in [2.24, 2.45) is 5.10 Å². The summed E-state index contributed by atoms with van der Waals surface area (Å²) in [7, 11) is 0. The number of thiocarbonyl (C=S) groups is 1. The molecular formula is C19H19N3O2S. The number of rotatable bonds is 3. The first-order chi connectivity index (χ1) is 12.0. The van der Waals surface area contributed by atoms with Crippen molar-refractivity contribution in [2.45, 2.75) is 26.4 Å². The van der Waals surface area contributed by atoms with E-state index in [1.807, 2.05) is 56.3 Å². The maximum atomic E-state index is 12.1. The van der Waals surface area contributed by atoms with Crippen LogP contribution in [-0.4, -0.2) is 22.9 Å². The van der Waals surface area contributed by atoms with Crippen molar-refractivity contribution < 1.29 is 9.53 Å². The second kappa shape index (κ2) is 7.44. The number of hydrogen-bond donors (Lipinski definition) is 2. The van der Waals surface area contributed by atoms with E-state index in [-0.39, 0.29) is 5.97 Å². The Kier molecular flexibility index (Phi) is 5.09. The zero-order valence-electron chi connectivity index (χ0n) is 14.1. The molecule has 0 fully saturated rings. The Morgan fingerprint density at radius 3 is 2.72 bits per heavy atom. The van der Waals surface area contributed by atoms with Gasteiger partial charge in [-0.05, 0) is 49.3 Å². The SMILES string of the molecule is C/C(=N/NC(=S)Nc1ccccc1C)[C@@H]1Cc2ccccc2C(=O)O1. The van der Waals surface area contributed by atoms with E-state index in [1.165, 1.54) is 0 Å². The highest BCUT2D eigenvalue weighted by molar-refractivity contribution is 7.80. The molecule has 128 valence electrons. The maximum Gasteiger partial charge on any atom is 0.339 e. The zero-order valence-corrected chi connectivity index (χ0v) is 14.9. The lowest BCUT2D eigenvalue weighted by Crippen LogP contribution is -2.35. The number of carbonyl (C=O) groups excluding carboxylic acids is 1. The highest BCUT2D eigenvalue weighted by Crippen LogP contribution is 2.21. The van der Waals surface area contributed by atoms with Crippen molar-refractivity contribution in [2.75, 3.05) is 5.32 Å². The fraction of sp³-hybridized carbons (Fsp3) is 0.211. The average molecular weight is 353 g/mol. The molecule has 0 saturated carbocycles. The molecule has 5 nitrogen and oxygen atoms in total. The molecule has 6 heteroatoms. The second-order valence-corrected chi connectivity index (χ2v) is 6.30. The number of aryl methyl sites for hydroxylation is 1. The maximum absolute atomic E-state index is 12.1. The van der Waals surface area contributed by atoms with Crippen molar-refractivity contribution >= 4 is 34.7 Å². The molecule has 3 rings (SSSR count). The monoisotopic (exact) mass is 353 g/mol. The summed E-state index contributed by atoms with van der Waals surface area (Å²) in [5.74, 6) is -0.318. The van der Waals surface area contributed by atoms with Crippen molar-refractivity contribution in [1.29, 1.82) is 0 Å². The Bertz CT molecular complexity index is 848. The third-order valence-electron chi connectivity index (χ3n) is 4.08. The number of anilines is 1. The van der Waals surface area contributed by atoms with Crippen LogP contribution < -0.4 is 10.7 Å². The predicted molar refractivity (Wildman–Crippen MR) is 103 cm³/mol. The molecule has 1 heterocycles. The molecule has 1 aliphatic rings. The van der Waals surface area contributed by atoms with Crippen LogP contribution in [0.2, 0.25) is 0 Å². The molecule has 0 unspecified atom stereocenters. The van der Waals surface area contributed by atoms with Crippen LogP contribution in [0, 0.1) is 6.92 Å². The fourth-order valence-electron chi connectivity index (χ4n) is 2.64. The van der Waals surface area contributed by atoms with Gasteiger partial charge >= 0.3 is 5.97 Å². The summed E-state index contributed by atoms with van der Waals surface area (Å²) >= 11 is 5.26. The summed E-state index contributed by atoms with van der Waals surface area (Å²) in [6, 6.07) is 15.3. The summed E-state index contributed by atoms with van der Waals surface area (Å²) in [5, 5.41) is 7.75. The highest BCUT2D eigenvalue weighted by Gasteiger charge is 2.27. The van der Waals surface area contributed by atoms with Crippen molar-refractivity contribution in [1.82, 2.24) is 5.43 Å². The minimum absolute atomic E-state index is 0.318. The van der Waals surface area contributed by atoms with Crippen LogP contribution in [0.15, 0.2) is 53.6 Å². The van der Waals surface area contributed by atoms with E-state index in [4.69, 9.17) is 17.0 Å². The van der Waals surface area contributed by atoms with Crippen LogP contribution in [0.4, 0.5) is 5.69 Å². The Morgan fingerprint density at radius 2 is 1.92 bits per heavy atom. The van der Waals surface area contributed by atoms with Crippen molar-refractivity contribution in [3.63, 3.8) is 0 Å². The minimum atomic E-state index is -0.392. The fourth-order valence-corrected chi connectivity index (χ4v) is 2.79. The van der Waals surface area contributed by atoms with E-state index in [1.54, 1.807) is 6.07 Å². The van der Waals surface area contributed by atoms with Gasteiger partial charge in [0.15, 0.2) is 5.11 Å². The van der Waals surface area contributed by atoms with Gasteiger partial charge in [-0.3, -0.25) is 5.43 Å². The van der Waals surface area contributed by atoms with Crippen molar-refractivity contribution in [3.8, 4) is 0 Å². The van der Waals surface area contributed by atoms with Crippen LogP contribution in [0.3, 0.4) is 0 Å². The molecule has 0 radical (unpaired) electrons. The number of hydrogen-bond acceptors (Lipinski definition) is 4. The Labute approximate surface area is 152 Å². The van der Waals surface area contributed by atoms with E-state index in [9.17, 15) is 4.79 Å². The Morgan fingerprint density at radius 1 is 1.20 bits per heavy atom. The van der Waals surface area contributed by atoms with Gasteiger partial charge in [-0.1, -0.05) is 36.4 Å². The highest BCUT2D eigenvalue weighted by atomic mass is 32.1. The van der Waals surface area contributed by atoms with Crippen LogP contribution in [0.25, 0.3) is 0 Å². The van der Waals surface area contributed by atoms with Crippen LogP contribution >= 0.6 is 12.2 Å². The molecule has 2 aromatic carbocycles. The van der Waals surface area contributed by atoms with E-state index in [2.05, 4.69) is 15.8 Å². The molecule has 0 saturated heterocycles. The van der Waals surface area contributed by atoms with Gasteiger partial charge in [0.05, 0.1) is 11.3 Å². The number of ether oxygens (including phenoxy) is 1.